The third-order valence-corrected chi connectivity index (χ3v) is 3.95. The van der Waals surface area contributed by atoms with Crippen LogP contribution in [0.2, 0.25) is 0 Å². The van der Waals surface area contributed by atoms with Crippen molar-refractivity contribution in [2.24, 2.45) is 5.92 Å². The van der Waals surface area contributed by atoms with Crippen LogP contribution in [0, 0.1) is 12.8 Å². The summed E-state index contributed by atoms with van der Waals surface area (Å²) in [5.41, 5.74) is 0.503. The van der Waals surface area contributed by atoms with Crippen molar-refractivity contribution in [1.82, 2.24) is 5.32 Å². The van der Waals surface area contributed by atoms with Gasteiger partial charge in [0.2, 0.25) is 0 Å². The number of nitrogens with one attached hydrogen (secondary N) is 1. The van der Waals surface area contributed by atoms with Gasteiger partial charge in [-0.3, -0.25) is 0 Å². The fourth-order valence-corrected chi connectivity index (χ4v) is 2.59. The second kappa shape index (κ2) is 6.90. The zero-order chi connectivity index (χ0) is 14.5. The first-order valence-corrected chi connectivity index (χ1v) is 7.10. The molecule has 1 atom stereocenters. The van der Waals surface area contributed by atoms with Gasteiger partial charge in [-0.1, -0.05) is 0 Å². The lowest BCUT2D eigenvalue weighted by molar-refractivity contribution is 0.0555. The Kier molecular flexibility index (Phi) is 5.20. The summed E-state index contributed by atoms with van der Waals surface area (Å²) in [5.74, 6) is 1.66. The summed E-state index contributed by atoms with van der Waals surface area (Å²) >= 11 is 0. The fourth-order valence-electron chi connectivity index (χ4n) is 2.59. The molecule has 1 fully saturated rings. The molecule has 0 bridgehead atoms. The predicted molar refractivity (Wildman–Crippen MR) is 74.6 cm³/mol. The molecular formula is C15H23NO4. The molecule has 1 saturated heterocycles. The molecular weight excluding hydrogens is 258 g/mol. The van der Waals surface area contributed by atoms with Crippen LogP contribution in [-0.4, -0.2) is 32.3 Å². The van der Waals surface area contributed by atoms with Gasteiger partial charge in [0, 0.05) is 19.3 Å². The van der Waals surface area contributed by atoms with Gasteiger partial charge in [-0.15, -0.1) is 0 Å². The molecule has 1 N–H and O–H groups in total. The lowest BCUT2D eigenvalue weighted by Gasteiger charge is -2.28. The topological polar surface area (TPSA) is 60.7 Å². The average molecular weight is 281 g/mol. The number of esters is 1. The number of carbonyl (C=O) groups is 1. The van der Waals surface area contributed by atoms with Crippen LogP contribution in [0.5, 0.6) is 0 Å². The summed E-state index contributed by atoms with van der Waals surface area (Å²) in [6, 6.07) is 2.16. The Labute approximate surface area is 119 Å². The Morgan fingerprint density at radius 3 is 2.85 bits per heavy atom. The molecule has 0 amide bonds. The molecule has 5 heteroatoms. The molecule has 1 aliphatic heterocycles. The summed E-state index contributed by atoms with van der Waals surface area (Å²) in [6.07, 6.45) is 2.19. The summed E-state index contributed by atoms with van der Waals surface area (Å²) < 4.78 is 15.7. The second-order valence-electron chi connectivity index (χ2n) is 5.29. The molecule has 2 heterocycles. The number of hydrogen-bond donors (Lipinski definition) is 1. The molecule has 0 spiro atoms. The number of carbonyl (C=O) groups excluding carboxylic acids is 1. The summed E-state index contributed by atoms with van der Waals surface area (Å²) in [6.45, 7) is 6.28. The van der Waals surface area contributed by atoms with Crippen LogP contribution in [-0.2, 0) is 16.0 Å². The van der Waals surface area contributed by atoms with E-state index in [-0.39, 0.29) is 5.97 Å². The van der Waals surface area contributed by atoms with Crippen LogP contribution in [0.15, 0.2) is 10.5 Å². The zero-order valence-corrected chi connectivity index (χ0v) is 12.4. The lowest BCUT2D eigenvalue weighted by Crippen LogP contribution is -2.36. The zero-order valence-electron chi connectivity index (χ0n) is 12.4. The standard InChI is InChI=1S/C15H23NO4/c1-10(12-4-6-19-7-5-12)16-9-13-8-14(11(2)20-13)15(17)18-3/h8,10,12,16H,4-7,9H2,1-3H3. The van der Waals surface area contributed by atoms with Gasteiger partial charge in [-0.2, -0.15) is 0 Å². The van der Waals surface area contributed by atoms with Gasteiger partial charge in [0.15, 0.2) is 0 Å². The minimum absolute atomic E-state index is 0.352. The maximum atomic E-state index is 11.5. The first kappa shape index (κ1) is 15.1. The van der Waals surface area contributed by atoms with E-state index >= 15 is 0 Å². The van der Waals surface area contributed by atoms with Crippen molar-refractivity contribution in [3.05, 3.63) is 23.2 Å². The first-order chi connectivity index (χ1) is 9.61. The van der Waals surface area contributed by atoms with Crippen LogP contribution in [0.4, 0.5) is 0 Å². The highest BCUT2D eigenvalue weighted by atomic mass is 16.5. The Bertz CT molecular complexity index is 449. The predicted octanol–water partition coefficient (Wildman–Crippen LogP) is 2.28. The number of methoxy groups -OCH3 is 1. The second-order valence-corrected chi connectivity index (χ2v) is 5.29. The molecule has 1 aromatic rings. The monoisotopic (exact) mass is 281 g/mol. The van der Waals surface area contributed by atoms with E-state index in [0.717, 1.165) is 31.8 Å². The van der Waals surface area contributed by atoms with E-state index in [9.17, 15) is 4.79 Å². The fraction of sp³-hybridized carbons (Fsp3) is 0.667. The van der Waals surface area contributed by atoms with Crippen LogP contribution in [0.1, 0.15) is 41.6 Å². The SMILES string of the molecule is COC(=O)c1cc(CNC(C)C2CCOCC2)oc1C. The Morgan fingerprint density at radius 1 is 1.50 bits per heavy atom. The maximum absolute atomic E-state index is 11.5. The highest BCUT2D eigenvalue weighted by Crippen LogP contribution is 2.20. The van der Waals surface area contributed by atoms with Crippen molar-refractivity contribution in [3.63, 3.8) is 0 Å². The van der Waals surface area contributed by atoms with E-state index in [1.54, 1.807) is 13.0 Å². The third kappa shape index (κ3) is 3.61. The van der Waals surface area contributed by atoms with E-state index in [1.165, 1.54) is 7.11 Å². The smallest absolute Gasteiger partial charge is 0.341 e. The Morgan fingerprint density at radius 2 is 2.20 bits per heavy atom. The summed E-state index contributed by atoms with van der Waals surface area (Å²) in [7, 11) is 1.37. The molecule has 1 unspecified atom stereocenters. The molecule has 112 valence electrons. The van der Waals surface area contributed by atoms with Gasteiger partial charge in [-0.05, 0) is 38.7 Å². The number of rotatable bonds is 5. The van der Waals surface area contributed by atoms with Crippen LogP contribution in [0.25, 0.3) is 0 Å². The van der Waals surface area contributed by atoms with Crippen molar-refractivity contribution >= 4 is 5.97 Å². The number of aryl methyl sites for hydroxylation is 1. The molecule has 0 radical (unpaired) electrons. The van der Waals surface area contributed by atoms with E-state index in [2.05, 4.69) is 12.2 Å². The largest absolute Gasteiger partial charge is 0.465 e. The molecule has 0 saturated carbocycles. The Hall–Kier alpha value is -1.33. The molecule has 2 rings (SSSR count). The van der Waals surface area contributed by atoms with E-state index < -0.39 is 0 Å². The number of ether oxygens (including phenoxy) is 2. The number of hydrogen-bond acceptors (Lipinski definition) is 5. The highest BCUT2D eigenvalue weighted by Gasteiger charge is 2.21. The summed E-state index contributed by atoms with van der Waals surface area (Å²) in [5, 5.41) is 3.46. The average Bonchev–Trinajstić information content (AvgIpc) is 2.86. The van der Waals surface area contributed by atoms with Crippen molar-refractivity contribution in [2.75, 3.05) is 20.3 Å². The van der Waals surface area contributed by atoms with Crippen molar-refractivity contribution in [2.45, 2.75) is 39.3 Å². The van der Waals surface area contributed by atoms with E-state index in [1.807, 2.05) is 0 Å². The molecule has 20 heavy (non-hydrogen) atoms. The van der Waals surface area contributed by atoms with Crippen molar-refractivity contribution in [3.8, 4) is 0 Å². The van der Waals surface area contributed by atoms with Crippen LogP contribution in [0.3, 0.4) is 0 Å². The Balaban J connectivity index is 1.88. The third-order valence-electron chi connectivity index (χ3n) is 3.95. The van der Waals surface area contributed by atoms with Gasteiger partial charge >= 0.3 is 5.97 Å². The maximum Gasteiger partial charge on any atom is 0.341 e. The van der Waals surface area contributed by atoms with Crippen LogP contribution >= 0.6 is 0 Å². The van der Waals surface area contributed by atoms with Crippen LogP contribution < -0.4 is 5.32 Å². The first-order valence-electron chi connectivity index (χ1n) is 7.10. The van der Waals surface area contributed by atoms with Gasteiger partial charge in [0.05, 0.1) is 13.7 Å². The van der Waals surface area contributed by atoms with Gasteiger partial charge in [-0.25, -0.2) is 4.79 Å². The molecule has 0 aliphatic carbocycles. The van der Waals surface area contributed by atoms with Gasteiger partial charge < -0.3 is 19.2 Å². The quantitative estimate of drug-likeness (QED) is 0.839. The van der Waals surface area contributed by atoms with Gasteiger partial charge in [0.25, 0.3) is 0 Å². The summed E-state index contributed by atoms with van der Waals surface area (Å²) in [4.78, 5) is 11.5. The molecule has 1 aromatic heterocycles. The van der Waals surface area contributed by atoms with Crippen molar-refractivity contribution < 1.29 is 18.7 Å². The number of furan rings is 1. The molecule has 0 aromatic carbocycles. The van der Waals surface area contributed by atoms with E-state index in [4.69, 9.17) is 13.9 Å². The molecule has 5 nitrogen and oxygen atoms in total. The minimum atomic E-state index is -0.352. The van der Waals surface area contributed by atoms with Gasteiger partial charge in [0.1, 0.15) is 17.1 Å². The molecule has 1 aliphatic rings. The minimum Gasteiger partial charge on any atom is -0.465 e. The van der Waals surface area contributed by atoms with E-state index in [0.29, 0.717) is 29.8 Å². The lowest BCUT2D eigenvalue weighted by atomic mass is 9.93. The normalized spacial score (nSPS) is 17.9. The highest BCUT2D eigenvalue weighted by molar-refractivity contribution is 5.90. The van der Waals surface area contributed by atoms with Crippen molar-refractivity contribution in [1.29, 1.82) is 0 Å².